The molecule has 0 aliphatic carbocycles. The van der Waals surface area contributed by atoms with Crippen LogP contribution in [0.1, 0.15) is 10.5 Å². The van der Waals surface area contributed by atoms with Gasteiger partial charge in [0.15, 0.2) is 11.6 Å². The molecule has 0 bridgehead atoms. The Morgan fingerprint density at radius 1 is 1.12 bits per heavy atom. The fourth-order valence-corrected chi connectivity index (χ4v) is 3.02. The molecule has 0 radical (unpaired) electrons. The van der Waals surface area contributed by atoms with Crippen LogP contribution in [0.2, 0.25) is 0 Å². The fourth-order valence-electron chi connectivity index (χ4n) is 2.22. The third kappa shape index (κ3) is 3.51. The van der Waals surface area contributed by atoms with Crippen LogP contribution in [-0.4, -0.2) is 25.0 Å². The maximum absolute atomic E-state index is 13.4. The molecule has 4 nitrogen and oxygen atoms in total. The lowest BCUT2D eigenvalue weighted by Crippen LogP contribution is -2.26. The molecule has 2 aromatic carbocycles. The van der Waals surface area contributed by atoms with E-state index in [1.165, 1.54) is 29.4 Å². The van der Waals surface area contributed by atoms with Crippen molar-refractivity contribution in [3.8, 4) is 16.3 Å². The highest BCUT2D eigenvalue weighted by atomic mass is 32.1. The minimum absolute atomic E-state index is 0.239. The lowest BCUT2D eigenvalue weighted by Gasteiger charge is -2.16. The van der Waals surface area contributed by atoms with Crippen LogP contribution < -0.4 is 9.64 Å². The lowest BCUT2D eigenvalue weighted by molar-refractivity contribution is 0.0989. The summed E-state index contributed by atoms with van der Waals surface area (Å²) in [7, 11) is 3.07. The molecular formula is C18H14F2N2O2S. The molecule has 3 rings (SSSR count). The minimum Gasteiger partial charge on any atom is -0.497 e. The summed E-state index contributed by atoms with van der Waals surface area (Å²) in [4.78, 5) is 18.1. The van der Waals surface area contributed by atoms with E-state index in [2.05, 4.69) is 4.98 Å². The van der Waals surface area contributed by atoms with Crippen LogP contribution in [0, 0.1) is 11.6 Å². The normalized spacial score (nSPS) is 10.6. The molecule has 25 heavy (non-hydrogen) atoms. The van der Waals surface area contributed by atoms with Crippen molar-refractivity contribution in [2.24, 2.45) is 0 Å². The number of benzene rings is 2. The number of halogens is 2. The number of amides is 1. The Morgan fingerprint density at radius 3 is 2.48 bits per heavy atom. The molecule has 1 amide bonds. The number of hydrogen-bond acceptors (Lipinski definition) is 4. The van der Waals surface area contributed by atoms with E-state index in [1.54, 1.807) is 12.5 Å². The van der Waals surface area contributed by atoms with Crippen LogP contribution in [-0.2, 0) is 0 Å². The van der Waals surface area contributed by atoms with Gasteiger partial charge >= 0.3 is 0 Å². The number of anilines is 1. The van der Waals surface area contributed by atoms with E-state index >= 15 is 0 Å². The first-order valence-corrected chi connectivity index (χ1v) is 8.20. The molecule has 0 spiro atoms. The van der Waals surface area contributed by atoms with E-state index in [-0.39, 0.29) is 11.4 Å². The number of rotatable bonds is 4. The summed E-state index contributed by atoms with van der Waals surface area (Å²) in [5, 5.41) is 2.32. The van der Waals surface area contributed by atoms with Crippen molar-refractivity contribution >= 4 is 22.9 Å². The molecule has 0 atom stereocenters. The van der Waals surface area contributed by atoms with Crippen LogP contribution in [0.3, 0.4) is 0 Å². The van der Waals surface area contributed by atoms with Gasteiger partial charge in [-0.15, -0.1) is 11.3 Å². The predicted molar refractivity (Wildman–Crippen MR) is 93.2 cm³/mol. The number of nitrogens with zero attached hydrogens (tertiary/aromatic N) is 2. The summed E-state index contributed by atoms with van der Waals surface area (Å²) in [6.45, 7) is 0. The summed E-state index contributed by atoms with van der Waals surface area (Å²) in [5.74, 6) is -1.63. The summed E-state index contributed by atoms with van der Waals surface area (Å²) in [6.07, 6.45) is 0. The first kappa shape index (κ1) is 17.0. The number of thiazole rings is 1. The average molecular weight is 360 g/mol. The van der Waals surface area contributed by atoms with Gasteiger partial charge in [-0.2, -0.15) is 0 Å². The zero-order valence-electron chi connectivity index (χ0n) is 13.5. The van der Waals surface area contributed by atoms with E-state index in [4.69, 9.17) is 4.74 Å². The number of hydrogen-bond donors (Lipinski definition) is 0. The summed E-state index contributed by atoms with van der Waals surface area (Å²) in [6, 6.07) is 10.6. The standard InChI is InChI=1S/C18H14F2N2O2S/c1-22(12-5-8-14(19)15(20)9-12)18(23)16-10-25-17(21-16)11-3-6-13(24-2)7-4-11/h3-10H,1-2H3. The van der Waals surface area contributed by atoms with Gasteiger partial charge in [-0.05, 0) is 36.4 Å². The largest absolute Gasteiger partial charge is 0.497 e. The SMILES string of the molecule is COc1ccc(-c2nc(C(=O)N(C)c3ccc(F)c(F)c3)cs2)cc1. The molecule has 1 heterocycles. The molecular weight excluding hydrogens is 346 g/mol. The lowest BCUT2D eigenvalue weighted by atomic mass is 10.2. The highest BCUT2D eigenvalue weighted by molar-refractivity contribution is 7.13. The van der Waals surface area contributed by atoms with Crippen molar-refractivity contribution in [2.45, 2.75) is 0 Å². The topological polar surface area (TPSA) is 42.4 Å². The second-order valence-electron chi connectivity index (χ2n) is 5.23. The first-order chi connectivity index (χ1) is 12.0. The number of methoxy groups -OCH3 is 1. The highest BCUT2D eigenvalue weighted by Crippen LogP contribution is 2.27. The second-order valence-corrected chi connectivity index (χ2v) is 6.09. The van der Waals surface area contributed by atoms with Gasteiger partial charge < -0.3 is 9.64 Å². The van der Waals surface area contributed by atoms with Crippen LogP contribution in [0.25, 0.3) is 10.6 Å². The molecule has 0 saturated heterocycles. The zero-order valence-corrected chi connectivity index (χ0v) is 14.3. The Bertz CT molecular complexity index is 910. The van der Waals surface area contributed by atoms with Gasteiger partial charge in [0, 0.05) is 29.7 Å². The summed E-state index contributed by atoms with van der Waals surface area (Å²) < 4.78 is 31.5. The Kier molecular flexibility index (Phi) is 4.76. The molecule has 0 N–H and O–H groups in total. The van der Waals surface area contributed by atoms with Crippen molar-refractivity contribution in [3.63, 3.8) is 0 Å². The Labute approximate surface area is 147 Å². The van der Waals surface area contributed by atoms with Crippen molar-refractivity contribution in [1.82, 2.24) is 4.98 Å². The van der Waals surface area contributed by atoms with E-state index in [0.29, 0.717) is 5.01 Å². The minimum atomic E-state index is -1.01. The molecule has 0 fully saturated rings. The number of aromatic nitrogens is 1. The molecule has 128 valence electrons. The van der Waals surface area contributed by atoms with Crippen LogP contribution in [0.15, 0.2) is 47.8 Å². The van der Waals surface area contributed by atoms with Crippen molar-refractivity contribution in [2.75, 3.05) is 19.1 Å². The van der Waals surface area contributed by atoms with Gasteiger partial charge in [-0.3, -0.25) is 4.79 Å². The van der Waals surface area contributed by atoms with Gasteiger partial charge in [-0.1, -0.05) is 0 Å². The quantitative estimate of drug-likeness (QED) is 0.694. The zero-order chi connectivity index (χ0) is 18.0. The third-order valence-corrected chi connectivity index (χ3v) is 4.55. The van der Waals surface area contributed by atoms with Gasteiger partial charge in [-0.25, -0.2) is 13.8 Å². The molecule has 7 heteroatoms. The van der Waals surface area contributed by atoms with Gasteiger partial charge in [0.05, 0.1) is 7.11 Å². The Hall–Kier alpha value is -2.80. The number of carbonyl (C=O) groups excluding carboxylic acids is 1. The number of ether oxygens (including phenoxy) is 1. The molecule has 3 aromatic rings. The Balaban J connectivity index is 1.82. The maximum atomic E-state index is 13.4. The van der Waals surface area contributed by atoms with Crippen LogP contribution in [0.4, 0.5) is 14.5 Å². The van der Waals surface area contributed by atoms with Gasteiger partial charge in [0.2, 0.25) is 0 Å². The fraction of sp³-hybridized carbons (Fsp3) is 0.111. The monoisotopic (exact) mass is 360 g/mol. The van der Waals surface area contributed by atoms with E-state index < -0.39 is 17.5 Å². The molecule has 0 unspecified atom stereocenters. The van der Waals surface area contributed by atoms with Crippen LogP contribution >= 0.6 is 11.3 Å². The van der Waals surface area contributed by atoms with E-state index in [0.717, 1.165) is 23.4 Å². The van der Waals surface area contributed by atoms with Gasteiger partial charge in [0.25, 0.3) is 5.91 Å². The average Bonchev–Trinajstić information content (AvgIpc) is 3.13. The maximum Gasteiger partial charge on any atom is 0.277 e. The van der Waals surface area contributed by atoms with Crippen molar-refractivity contribution < 1.29 is 18.3 Å². The molecule has 0 aliphatic rings. The van der Waals surface area contributed by atoms with E-state index in [9.17, 15) is 13.6 Å². The van der Waals surface area contributed by atoms with Crippen molar-refractivity contribution in [3.05, 3.63) is 65.2 Å². The smallest absolute Gasteiger partial charge is 0.277 e. The summed E-state index contributed by atoms with van der Waals surface area (Å²) >= 11 is 1.33. The van der Waals surface area contributed by atoms with E-state index in [1.807, 2.05) is 24.3 Å². The van der Waals surface area contributed by atoms with Crippen LogP contribution in [0.5, 0.6) is 5.75 Å². The first-order valence-electron chi connectivity index (χ1n) is 7.32. The number of carbonyl (C=O) groups is 1. The molecule has 0 saturated carbocycles. The Morgan fingerprint density at radius 2 is 1.84 bits per heavy atom. The predicted octanol–water partition coefficient (Wildman–Crippen LogP) is 4.37. The molecule has 0 aliphatic heterocycles. The van der Waals surface area contributed by atoms with Gasteiger partial charge in [0.1, 0.15) is 16.5 Å². The summed E-state index contributed by atoms with van der Waals surface area (Å²) in [5.41, 5.74) is 1.35. The highest BCUT2D eigenvalue weighted by Gasteiger charge is 2.18. The molecule has 1 aromatic heterocycles. The third-order valence-electron chi connectivity index (χ3n) is 3.66. The van der Waals surface area contributed by atoms with Crippen molar-refractivity contribution in [1.29, 1.82) is 0 Å². The second kappa shape index (κ2) is 6.98.